The fourth-order valence-electron chi connectivity index (χ4n) is 1.47. The molecule has 0 aromatic heterocycles. The molecule has 0 aliphatic rings. The van der Waals surface area contributed by atoms with Crippen molar-refractivity contribution in [2.24, 2.45) is 0 Å². The highest BCUT2D eigenvalue weighted by atomic mass is 79.9. The lowest BCUT2D eigenvalue weighted by atomic mass is 10.1. The Labute approximate surface area is 111 Å². The molecule has 0 heterocycles. The molecule has 0 radical (unpaired) electrons. The van der Waals surface area contributed by atoms with E-state index in [1.165, 1.54) is 0 Å². The number of hydrogen-bond donors (Lipinski definition) is 1. The lowest BCUT2D eigenvalue weighted by molar-refractivity contribution is 0.411. The molecular formula is C13H17BrN2O. The Hall–Kier alpha value is -1.05. The molecule has 0 bridgehead atoms. The third kappa shape index (κ3) is 3.72. The van der Waals surface area contributed by atoms with Crippen molar-refractivity contribution in [1.82, 2.24) is 5.32 Å². The Balaban J connectivity index is 2.90. The third-order valence-electron chi connectivity index (χ3n) is 2.70. The topological polar surface area (TPSA) is 45.0 Å². The zero-order valence-electron chi connectivity index (χ0n) is 10.3. The average Bonchev–Trinajstić information content (AvgIpc) is 2.35. The Morgan fingerprint density at radius 2 is 2.24 bits per heavy atom. The number of nitriles is 1. The van der Waals surface area contributed by atoms with Crippen molar-refractivity contribution in [3.63, 3.8) is 0 Å². The van der Waals surface area contributed by atoms with E-state index in [0.29, 0.717) is 6.04 Å². The summed E-state index contributed by atoms with van der Waals surface area (Å²) in [5.74, 6) is 0.772. The molecule has 0 aliphatic heterocycles. The Kier molecular flexibility index (Phi) is 5.46. The van der Waals surface area contributed by atoms with Crippen LogP contribution in [0.15, 0.2) is 22.7 Å². The van der Waals surface area contributed by atoms with Crippen LogP contribution in [-0.4, -0.2) is 13.2 Å². The molecule has 0 saturated carbocycles. The summed E-state index contributed by atoms with van der Waals surface area (Å²) in [7, 11) is 1.62. The van der Waals surface area contributed by atoms with Crippen LogP contribution in [0, 0.1) is 11.3 Å². The summed E-state index contributed by atoms with van der Waals surface area (Å²) < 4.78 is 6.03. The molecule has 3 nitrogen and oxygen atoms in total. The SMILES string of the molecule is CCC(C)NC(C#N)c1ccc(OC)c(Br)c1. The molecule has 2 atom stereocenters. The van der Waals surface area contributed by atoms with Crippen LogP contribution in [0.3, 0.4) is 0 Å². The highest BCUT2D eigenvalue weighted by Gasteiger charge is 2.14. The van der Waals surface area contributed by atoms with Gasteiger partial charge in [-0.05, 0) is 47.0 Å². The highest BCUT2D eigenvalue weighted by molar-refractivity contribution is 9.10. The van der Waals surface area contributed by atoms with Crippen molar-refractivity contribution in [1.29, 1.82) is 5.26 Å². The van der Waals surface area contributed by atoms with Crippen molar-refractivity contribution < 1.29 is 4.74 Å². The van der Waals surface area contributed by atoms with Gasteiger partial charge in [-0.25, -0.2) is 0 Å². The maximum absolute atomic E-state index is 9.18. The van der Waals surface area contributed by atoms with Gasteiger partial charge in [0.25, 0.3) is 0 Å². The first kappa shape index (κ1) is 14.0. The molecule has 1 aromatic carbocycles. The number of nitrogens with zero attached hydrogens (tertiary/aromatic N) is 1. The van der Waals surface area contributed by atoms with Gasteiger partial charge in [-0.1, -0.05) is 13.0 Å². The summed E-state index contributed by atoms with van der Waals surface area (Å²) in [6.45, 7) is 4.17. The molecule has 17 heavy (non-hydrogen) atoms. The van der Waals surface area contributed by atoms with Gasteiger partial charge in [0.1, 0.15) is 11.8 Å². The maximum atomic E-state index is 9.18. The first-order valence-electron chi connectivity index (χ1n) is 5.61. The summed E-state index contributed by atoms with van der Waals surface area (Å²) in [6, 6.07) is 8.00. The second-order valence-corrected chi connectivity index (χ2v) is 4.79. The van der Waals surface area contributed by atoms with Crippen molar-refractivity contribution in [2.45, 2.75) is 32.4 Å². The van der Waals surface area contributed by atoms with Crippen molar-refractivity contribution in [2.75, 3.05) is 7.11 Å². The Morgan fingerprint density at radius 1 is 1.53 bits per heavy atom. The van der Waals surface area contributed by atoms with Crippen LogP contribution >= 0.6 is 15.9 Å². The number of hydrogen-bond acceptors (Lipinski definition) is 3. The molecule has 1 aromatic rings. The number of ether oxygens (including phenoxy) is 1. The van der Waals surface area contributed by atoms with E-state index in [1.54, 1.807) is 7.11 Å². The van der Waals surface area contributed by atoms with Crippen molar-refractivity contribution in [3.8, 4) is 11.8 Å². The number of halogens is 1. The zero-order valence-corrected chi connectivity index (χ0v) is 11.9. The van der Waals surface area contributed by atoms with E-state index < -0.39 is 0 Å². The maximum Gasteiger partial charge on any atom is 0.133 e. The summed E-state index contributed by atoms with van der Waals surface area (Å²) in [4.78, 5) is 0. The second kappa shape index (κ2) is 6.63. The summed E-state index contributed by atoms with van der Waals surface area (Å²) in [6.07, 6.45) is 0.996. The minimum atomic E-state index is -0.285. The van der Waals surface area contributed by atoms with Gasteiger partial charge in [0.05, 0.1) is 17.7 Å². The monoisotopic (exact) mass is 296 g/mol. The van der Waals surface area contributed by atoms with Crippen molar-refractivity contribution in [3.05, 3.63) is 28.2 Å². The van der Waals surface area contributed by atoms with Gasteiger partial charge in [-0.15, -0.1) is 0 Å². The quantitative estimate of drug-likeness (QED) is 0.906. The van der Waals surface area contributed by atoms with E-state index in [1.807, 2.05) is 18.2 Å². The van der Waals surface area contributed by atoms with Crippen LogP contribution in [0.4, 0.5) is 0 Å². The lowest BCUT2D eigenvalue weighted by Gasteiger charge is -2.17. The van der Waals surface area contributed by atoms with E-state index in [0.717, 1.165) is 22.2 Å². The van der Waals surface area contributed by atoms with E-state index in [9.17, 15) is 5.26 Å². The third-order valence-corrected chi connectivity index (χ3v) is 3.32. The molecular weight excluding hydrogens is 280 g/mol. The van der Waals surface area contributed by atoms with Crippen molar-refractivity contribution >= 4 is 15.9 Å². The van der Waals surface area contributed by atoms with Crippen LogP contribution in [0.5, 0.6) is 5.75 Å². The Bertz CT molecular complexity index is 414. The van der Waals surface area contributed by atoms with E-state index in [2.05, 4.69) is 41.2 Å². The largest absolute Gasteiger partial charge is 0.496 e. The molecule has 0 amide bonds. The van der Waals surface area contributed by atoms with E-state index in [-0.39, 0.29) is 6.04 Å². The second-order valence-electron chi connectivity index (χ2n) is 3.93. The predicted molar refractivity (Wildman–Crippen MR) is 71.9 cm³/mol. The zero-order chi connectivity index (χ0) is 12.8. The summed E-state index contributed by atoms with van der Waals surface area (Å²) in [5, 5.41) is 12.5. The lowest BCUT2D eigenvalue weighted by Crippen LogP contribution is -2.29. The van der Waals surface area contributed by atoms with Crippen LogP contribution in [0.25, 0.3) is 0 Å². The summed E-state index contributed by atoms with van der Waals surface area (Å²) >= 11 is 3.43. The predicted octanol–water partition coefficient (Wildman–Crippen LogP) is 3.41. The minimum Gasteiger partial charge on any atom is -0.496 e. The van der Waals surface area contributed by atoms with Gasteiger partial charge in [0.15, 0.2) is 0 Å². The molecule has 0 fully saturated rings. The van der Waals surface area contributed by atoms with Gasteiger partial charge in [-0.2, -0.15) is 5.26 Å². The number of rotatable bonds is 5. The van der Waals surface area contributed by atoms with E-state index >= 15 is 0 Å². The van der Waals surface area contributed by atoms with Crippen LogP contribution in [0.2, 0.25) is 0 Å². The van der Waals surface area contributed by atoms with Crippen LogP contribution in [0.1, 0.15) is 31.9 Å². The van der Waals surface area contributed by atoms with Crippen LogP contribution < -0.4 is 10.1 Å². The minimum absolute atomic E-state index is 0.285. The molecule has 1 rings (SSSR count). The average molecular weight is 297 g/mol. The van der Waals surface area contributed by atoms with Gasteiger partial charge in [-0.3, -0.25) is 5.32 Å². The van der Waals surface area contributed by atoms with Gasteiger partial charge >= 0.3 is 0 Å². The summed E-state index contributed by atoms with van der Waals surface area (Å²) in [5.41, 5.74) is 0.945. The standard InChI is InChI=1S/C13H17BrN2O/c1-4-9(2)16-12(8-15)10-5-6-13(17-3)11(14)7-10/h5-7,9,12,16H,4H2,1-3H3. The molecule has 0 saturated heterocycles. The molecule has 92 valence electrons. The molecule has 0 aliphatic carbocycles. The fraction of sp³-hybridized carbons (Fsp3) is 0.462. The van der Waals surface area contributed by atoms with Gasteiger partial charge in [0, 0.05) is 6.04 Å². The normalized spacial score (nSPS) is 13.8. The molecule has 1 N–H and O–H groups in total. The molecule has 2 unspecified atom stereocenters. The first-order valence-corrected chi connectivity index (χ1v) is 6.40. The van der Waals surface area contributed by atoms with E-state index in [4.69, 9.17) is 4.74 Å². The Morgan fingerprint density at radius 3 is 2.71 bits per heavy atom. The first-order chi connectivity index (χ1) is 8.12. The van der Waals surface area contributed by atoms with Crippen LogP contribution in [-0.2, 0) is 0 Å². The molecule has 4 heteroatoms. The number of nitrogens with one attached hydrogen (secondary N) is 1. The highest BCUT2D eigenvalue weighted by Crippen LogP contribution is 2.28. The molecule has 0 spiro atoms. The fourth-order valence-corrected chi connectivity index (χ4v) is 2.03. The number of benzene rings is 1. The van der Waals surface area contributed by atoms with Gasteiger partial charge in [0.2, 0.25) is 0 Å². The number of methoxy groups -OCH3 is 1. The smallest absolute Gasteiger partial charge is 0.133 e. The van der Waals surface area contributed by atoms with Gasteiger partial charge < -0.3 is 4.74 Å².